The Morgan fingerprint density at radius 3 is 2.62 bits per heavy atom. The number of aromatic nitrogens is 5. The number of nitrogens with zero attached hydrogens (tertiary/aromatic N) is 5. The first-order chi connectivity index (χ1) is 7.81. The molecule has 5 nitrogen and oxygen atoms in total. The van der Waals surface area contributed by atoms with Gasteiger partial charge in [-0.05, 0) is 12.3 Å². The third-order valence-electron chi connectivity index (χ3n) is 1.98. The highest BCUT2D eigenvalue weighted by atomic mass is 32.2. The number of hydrogen-bond acceptors (Lipinski definition) is 6. The number of hydrogen-bond donors (Lipinski definition) is 0. The van der Waals surface area contributed by atoms with Crippen molar-refractivity contribution in [2.24, 2.45) is 7.05 Å². The molecule has 0 aromatic carbocycles. The summed E-state index contributed by atoms with van der Waals surface area (Å²) in [5.41, 5.74) is 0. The van der Waals surface area contributed by atoms with Gasteiger partial charge >= 0.3 is 0 Å². The molecule has 2 heterocycles. The van der Waals surface area contributed by atoms with Crippen LogP contribution in [0.1, 0.15) is 5.82 Å². The first kappa shape index (κ1) is 11.4. The first-order valence-electron chi connectivity index (χ1n) is 4.63. The highest BCUT2D eigenvalue weighted by molar-refractivity contribution is 7.98. The van der Waals surface area contributed by atoms with Crippen molar-refractivity contribution in [3.63, 3.8) is 0 Å². The molecule has 2 aromatic rings. The Balaban J connectivity index is 2.02. The predicted octanol–water partition coefficient (Wildman–Crippen LogP) is 1.62. The average molecular weight is 253 g/mol. The second-order valence-corrected chi connectivity index (χ2v) is 4.70. The van der Waals surface area contributed by atoms with E-state index in [1.165, 1.54) is 0 Å². The minimum absolute atomic E-state index is 0.730. The van der Waals surface area contributed by atoms with Crippen LogP contribution in [0.3, 0.4) is 0 Å². The molecule has 2 aromatic heterocycles. The van der Waals surface area contributed by atoms with E-state index in [-0.39, 0.29) is 0 Å². The van der Waals surface area contributed by atoms with E-state index >= 15 is 0 Å². The molecule has 0 aliphatic heterocycles. The molecule has 0 unspecified atom stereocenters. The van der Waals surface area contributed by atoms with E-state index in [4.69, 9.17) is 0 Å². The lowest BCUT2D eigenvalue weighted by Crippen LogP contribution is -1.97. The summed E-state index contributed by atoms with van der Waals surface area (Å²) in [7, 11) is 1.97. The van der Waals surface area contributed by atoms with Gasteiger partial charge in [-0.25, -0.2) is 9.97 Å². The molecule has 0 spiro atoms. The van der Waals surface area contributed by atoms with Gasteiger partial charge in [0.05, 0.1) is 5.75 Å². The van der Waals surface area contributed by atoms with Crippen molar-refractivity contribution in [3.8, 4) is 0 Å². The molecule has 0 bridgehead atoms. The third-order valence-corrected chi connectivity index (χ3v) is 3.57. The molecule has 0 fully saturated rings. The minimum atomic E-state index is 0.730. The van der Waals surface area contributed by atoms with Gasteiger partial charge in [-0.1, -0.05) is 23.5 Å². The molecule has 16 heavy (non-hydrogen) atoms. The van der Waals surface area contributed by atoms with Crippen LogP contribution in [0.4, 0.5) is 0 Å². The van der Waals surface area contributed by atoms with Crippen LogP contribution < -0.4 is 0 Å². The molecule has 0 saturated carbocycles. The van der Waals surface area contributed by atoms with Gasteiger partial charge in [0.15, 0.2) is 10.3 Å². The van der Waals surface area contributed by atoms with Gasteiger partial charge in [0.25, 0.3) is 0 Å². The van der Waals surface area contributed by atoms with Crippen LogP contribution in [0.5, 0.6) is 0 Å². The topological polar surface area (TPSA) is 56.5 Å². The molecular weight excluding hydrogens is 242 g/mol. The SMILES string of the molecule is CSc1nnc(CSc2ncccn2)n1C. The van der Waals surface area contributed by atoms with Crippen molar-refractivity contribution in [3.05, 3.63) is 24.3 Å². The summed E-state index contributed by atoms with van der Waals surface area (Å²) in [5, 5.41) is 9.87. The highest BCUT2D eigenvalue weighted by Gasteiger charge is 2.08. The summed E-state index contributed by atoms with van der Waals surface area (Å²) in [6.45, 7) is 0. The lowest BCUT2D eigenvalue weighted by Gasteiger charge is -2.00. The van der Waals surface area contributed by atoms with Crippen molar-refractivity contribution in [2.75, 3.05) is 6.26 Å². The quantitative estimate of drug-likeness (QED) is 0.609. The van der Waals surface area contributed by atoms with E-state index < -0.39 is 0 Å². The van der Waals surface area contributed by atoms with E-state index in [0.29, 0.717) is 0 Å². The summed E-state index contributed by atoms with van der Waals surface area (Å²) in [4.78, 5) is 8.28. The molecule has 0 N–H and O–H groups in total. The van der Waals surface area contributed by atoms with Crippen molar-refractivity contribution in [2.45, 2.75) is 16.1 Å². The van der Waals surface area contributed by atoms with Crippen LogP contribution in [-0.2, 0) is 12.8 Å². The lowest BCUT2D eigenvalue weighted by atomic mass is 10.7. The predicted molar refractivity (Wildman–Crippen MR) is 64.4 cm³/mol. The lowest BCUT2D eigenvalue weighted by molar-refractivity contribution is 0.762. The smallest absolute Gasteiger partial charge is 0.190 e. The molecular formula is C9H11N5S2. The van der Waals surface area contributed by atoms with Gasteiger partial charge in [0.1, 0.15) is 5.82 Å². The maximum absolute atomic E-state index is 4.14. The number of thioether (sulfide) groups is 2. The van der Waals surface area contributed by atoms with Gasteiger partial charge < -0.3 is 4.57 Å². The monoisotopic (exact) mass is 253 g/mol. The van der Waals surface area contributed by atoms with Crippen LogP contribution in [0.2, 0.25) is 0 Å². The Kier molecular flexibility index (Phi) is 3.79. The second kappa shape index (κ2) is 5.31. The minimum Gasteiger partial charge on any atom is -0.308 e. The third kappa shape index (κ3) is 2.53. The summed E-state index contributed by atoms with van der Waals surface area (Å²) < 4.78 is 1.99. The maximum Gasteiger partial charge on any atom is 0.190 e. The fourth-order valence-electron chi connectivity index (χ4n) is 1.14. The van der Waals surface area contributed by atoms with E-state index in [2.05, 4.69) is 20.2 Å². The second-order valence-electron chi connectivity index (χ2n) is 2.98. The molecule has 0 atom stereocenters. The molecule has 0 saturated heterocycles. The van der Waals surface area contributed by atoms with Crippen LogP contribution in [0.15, 0.2) is 28.8 Å². The summed E-state index contributed by atoms with van der Waals surface area (Å²) in [6, 6.07) is 1.80. The zero-order valence-electron chi connectivity index (χ0n) is 8.99. The van der Waals surface area contributed by atoms with Crippen molar-refractivity contribution in [1.82, 2.24) is 24.7 Å². The van der Waals surface area contributed by atoms with Crippen molar-refractivity contribution < 1.29 is 0 Å². The van der Waals surface area contributed by atoms with Gasteiger partial charge in [-0.3, -0.25) is 0 Å². The Hall–Kier alpha value is -1.08. The van der Waals surface area contributed by atoms with Crippen LogP contribution in [0, 0.1) is 0 Å². The standard InChI is InChI=1S/C9H11N5S2/c1-14-7(12-13-9(14)15-2)6-16-8-10-4-3-5-11-8/h3-5H,6H2,1-2H3. The fraction of sp³-hybridized carbons (Fsp3) is 0.333. The molecule has 84 valence electrons. The first-order valence-corrected chi connectivity index (χ1v) is 6.84. The Labute approximate surface area is 102 Å². The summed E-state index contributed by atoms with van der Waals surface area (Å²) >= 11 is 3.14. The maximum atomic E-state index is 4.14. The van der Waals surface area contributed by atoms with Gasteiger partial charge in [0, 0.05) is 19.4 Å². The molecule has 0 radical (unpaired) electrons. The average Bonchev–Trinajstić information content (AvgIpc) is 2.69. The summed E-state index contributed by atoms with van der Waals surface area (Å²) in [6.07, 6.45) is 5.46. The zero-order chi connectivity index (χ0) is 11.4. The zero-order valence-corrected chi connectivity index (χ0v) is 10.6. The Morgan fingerprint density at radius 1 is 1.25 bits per heavy atom. The normalized spacial score (nSPS) is 10.6. The Morgan fingerprint density at radius 2 is 2.00 bits per heavy atom. The largest absolute Gasteiger partial charge is 0.308 e. The van der Waals surface area contributed by atoms with Crippen LogP contribution in [-0.4, -0.2) is 31.0 Å². The van der Waals surface area contributed by atoms with Crippen LogP contribution >= 0.6 is 23.5 Å². The molecule has 0 aliphatic rings. The van der Waals surface area contributed by atoms with E-state index in [0.717, 1.165) is 21.9 Å². The van der Waals surface area contributed by atoms with Gasteiger partial charge in [-0.2, -0.15) is 0 Å². The highest BCUT2D eigenvalue weighted by Crippen LogP contribution is 2.19. The molecule has 0 aliphatic carbocycles. The van der Waals surface area contributed by atoms with E-state index in [1.54, 1.807) is 42.0 Å². The summed E-state index contributed by atoms with van der Waals surface area (Å²) in [5.74, 6) is 1.66. The van der Waals surface area contributed by atoms with Crippen molar-refractivity contribution in [1.29, 1.82) is 0 Å². The van der Waals surface area contributed by atoms with Gasteiger partial charge in [-0.15, -0.1) is 10.2 Å². The Bertz CT molecular complexity index is 456. The molecule has 2 rings (SSSR count). The molecule has 0 amide bonds. The van der Waals surface area contributed by atoms with Crippen LogP contribution in [0.25, 0.3) is 0 Å². The fourth-order valence-corrected chi connectivity index (χ4v) is 2.42. The number of rotatable bonds is 4. The van der Waals surface area contributed by atoms with E-state index in [1.807, 2.05) is 17.9 Å². The van der Waals surface area contributed by atoms with E-state index in [9.17, 15) is 0 Å². The van der Waals surface area contributed by atoms with Gasteiger partial charge in [0.2, 0.25) is 0 Å². The van der Waals surface area contributed by atoms with Crippen molar-refractivity contribution >= 4 is 23.5 Å². The molecule has 7 heteroatoms.